The quantitative estimate of drug-likeness (QED) is 0.807. The Hall–Kier alpha value is -2.28. The number of benzene rings is 1. The number of rotatable bonds is 7. The molecule has 0 aliphatic rings. The van der Waals surface area contributed by atoms with Crippen molar-refractivity contribution in [1.29, 1.82) is 0 Å². The second-order valence-electron chi connectivity index (χ2n) is 5.85. The van der Waals surface area contributed by atoms with Crippen LogP contribution in [-0.4, -0.2) is 22.0 Å². The Kier molecular flexibility index (Phi) is 6.43. The SMILES string of the molecule is CCC(=O)N[C@H](C(=O)Nc1nnc(CC(C)C)s1)c1ccccc1. The lowest BCUT2D eigenvalue weighted by molar-refractivity contribution is -0.126. The summed E-state index contributed by atoms with van der Waals surface area (Å²) in [4.78, 5) is 24.4. The number of carbonyl (C=O) groups is 2. The van der Waals surface area contributed by atoms with E-state index in [4.69, 9.17) is 0 Å². The maximum Gasteiger partial charge on any atom is 0.253 e. The van der Waals surface area contributed by atoms with Gasteiger partial charge >= 0.3 is 0 Å². The third kappa shape index (κ3) is 5.13. The summed E-state index contributed by atoms with van der Waals surface area (Å²) in [6.07, 6.45) is 1.14. The molecule has 0 aliphatic carbocycles. The highest BCUT2D eigenvalue weighted by molar-refractivity contribution is 7.15. The number of aromatic nitrogens is 2. The molecule has 1 aromatic carbocycles. The fraction of sp³-hybridized carbons (Fsp3) is 0.412. The maximum atomic E-state index is 12.6. The lowest BCUT2D eigenvalue weighted by Gasteiger charge is -2.17. The highest BCUT2D eigenvalue weighted by Gasteiger charge is 2.23. The highest BCUT2D eigenvalue weighted by atomic mass is 32.1. The number of anilines is 1. The van der Waals surface area contributed by atoms with Crippen LogP contribution in [0.15, 0.2) is 30.3 Å². The first-order chi connectivity index (χ1) is 11.5. The van der Waals surface area contributed by atoms with E-state index in [0.29, 0.717) is 17.5 Å². The van der Waals surface area contributed by atoms with Crippen LogP contribution in [0.25, 0.3) is 0 Å². The summed E-state index contributed by atoms with van der Waals surface area (Å²) in [5, 5.41) is 14.9. The van der Waals surface area contributed by atoms with Gasteiger partial charge in [0.2, 0.25) is 11.0 Å². The van der Waals surface area contributed by atoms with Crippen LogP contribution in [0.3, 0.4) is 0 Å². The minimum Gasteiger partial charge on any atom is -0.341 e. The van der Waals surface area contributed by atoms with Crippen molar-refractivity contribution in [2.24, 2.45) is 5.92 Å². The zero-order chi connectivity index (χ0) is 17.5. The number of hydrogen-bond donors (Lipinski definition) is 2. The zero-order valence-electron chi connectivity index (χ0n) is 14.1. The third-order valence-electron chi connectivity index (χ3n) is 3.30. The molecule has 0 spiro atoms. The van der Waals surface area contributed by atoms with Crippen LogP contribution in [0.2, 0.25) is 0 Å². The van der Waals surface area contributed by atoms with Gasteiger partial charge in [0.15, 0.2) is 0 Å². The molecule has 128 valence electrons. The van der Waals surface area contributed by atoms with Crippen LogP contribution in [0.5, 0.6) is 0 Å². The number of nitrogens with zero attached hydrogens (tertiary/aromatic N) is 2. The molecular weight excluding hydrogens is 324 g/mol. The van der Waals surface area contributed by atoms with Gasteiger partial charge in [-0.25, -0.2) is 0 Å². The molecule has 24 heavy (non-hydrogen) atoms. The molecule has 0 aliphatic heterocycles. The van der Waals surface area contributed by atoms with E-state index in [1.54, 1.807) is 6.92 Å². The van der Waals surface area contributed by atoms with E-state index in [1.165, 1.54) is 11.3 Å². The first-order valence-electron chi connectivity index (χ1n) is 7.97. The Morgan fingerprint density at radius 3 is 2.50 bits per heavy atom. The summed E-state index contributed by atoms with van der Waals surface area (Å²) < 4.78 is 0. The van der Waals surface area contributed by atoms with Gasteiger partial charge in [0.1, 0.15) is 11.0 Å². The molecule has 0 unspecified atom stereocenters. The Bertz CT molecular complexity index is 685. The molecule has 2 aromatic rings. The summed E-state index contributed by atoms with van der Waals surface area (Å²) in [5.74, 6) is -0.0329. The average Bonchev–Trinajstić information content (AvgIpc) is 2.99. The fourth-order valence-electron chi connectivity index (χ4n) is 2.12. The predicted octanol–water partition coefficient (Wildman–Crippen LogP) is 2.94. The number of carbonyl (C=O) groups excluding carboxylic acids is 2. The van der Waals surface area contributed by atoms with Gasteiger partial charge in [-0.3, -0.25) is 14.9 Å². The van der Waals surface area contributed by atoms with Crippen molar-refractivity contribution in [1.82, 2.24) is 15.5 Å². The number of amides is 2. The molecule has 0 bridgehead atoms. The molecule has 2 N–H and O–H groups in total. The van der Waals surface area contributed by atoms with Crippen LogP contribution in [0, 0.1) is 5.92 Å². The smallest absolute Gasteiger partial charge is 0.253 e. The van der Waals surface area contributed by atoms with E-state index in [1.807, 2.05) is 30.3 Å². The van der Waals surface area contributed by atoms with E-state index in [2.05, 4.69) is 34.7 Å². The number of nitrogens with one attached hydrogen (secondary N) is 2. The largest absolute Gasteiger partial charge is 0.341 e. The van der Waals surface area contributed by atoms with Crippen molar-refractivity contribution < 1.29 is 9.59 Å². The molecule has 2 rings (SSSR count). The number of hydrogen-bond acceptors (Lipinski definition) is 5. The molecule has 6 nitrogen and oxygen atoms in total. The Labute approximate surface area is 145 Å². The lowest BCUT2D eigenvalue weighted by atomic mass is 10.1. The first-order valence-corrected chi connectivity index (χ1v) is 8.78. The highest BCUT2D eigenvalue weighted by Crippen LogP contribution is 2.21. The summed E-state index contributed by atoms with van der Waals surface area (Å²) >= 11 is 1.36. The van der Waals surface area contributed by atoms with Crippen LogP contribution < -0.4 is 10.6 Å². The molecule has 0 fully saturated rings. The van der Waals surface area contributed by atoms with Gasteiger partial charge in [-0.05, 0) is 11.5 Å². The fourth-order valence-corrected chi connectivity index (χ4v) is 3.08. The average molecular weight is 346 g/mol. The molecule has 0 saturated carbocycles. The van der Waals surface area contributed by atoms with Crippen molar-refractivity contribution >= 4 is 28.3 Å². The van der Waals surface area contributed by atoms with E-state index >= 15 is 0 Å². The van der Waals surface area contributed by atoms with Gasteiger partial charge in [-0.2, -0.15) is 0 Å². The maximum absolute atomic E-state index is 12.6. The Morgan fingerprint density at radius 1 is 1.17 bits per heavy atom. The van der Waals surface area contributed by atoms with Gasteiger partial charge in [0.05, 0.1) is 0 Å². The van der Waals surface area contributed by atoms with Gasteiger partial charge in [-0.1, -0.05) is 62.4 Å². The molecule has 1 aromatic heterocycles. The van der Waals surface area contributed by atoms with Crippen molar-refractivity contribution in [2.75, 3.05) is 5.32 Å². The van der Waals surface area contributed by atoms with Crippen LogP contribution >= 0.6 is 11.3 Å². The van der Waals surface area contributed by atoms with Gasteiger partial charge in [0, 0.05) is 12.8 Å². The first kappa shape index (κ1) is 18.1. The van der Waals surface area contributed by atoms with Crippen molar-refractivity contribution in [3.8, 4) is 0 Å². The van der Waals surface area contributed by atoms with Gasteiger partial charge < -0.3 is 5.32 Å². The van der Waals surface area contributed by atoms with Crippen molar-refractivity contribution in [2.45, 2.75) is 39.7 Å². The van der Waals surface area contributed by atoms with E-state index < -0.39 is 6.04 Å². The van der Waals surface area contributed by atoms with E-state index in [9.17, 15) is 9.59 Å². The van der Waals surface area contributed by atoms with E-state index in [0.717, 1.165) is 17.0 Å². The van der Waals surface area contributed by atoms with Crippen LogP contribution in [0.4, 0.5) is 5.13 Å². The summed E-state index contributed by atoms with van der Waals surface area (Å²) in [6.45, 7) is 5.95. The van der Waals surface area contributed by atoms with Crippen molar-refractivity contribution in [3.05, 3.63) is 40.9 Å². The van der Waals surface area contributed by atoms with Crippen molar-refractivity contribution in [3.63, 3.8) is 0 Å². The van der Waals surface area contributed by atoms with Gasteiger partial charge in [-0.15, -0.1) is 10.2 Å². The minimum atomic E-state index is -0.754. The topological polar surface area (TPSA) is 84.0 Å². The Balaban J connectivity index is 2.12. The van der Waals surface area contributed by atoms with E-state index in [-0.39, 0.29) is 11.8 Å². The Morgan fingerprint density at radius 2 is 1.88 bits per heavy atom. The van der Waals surface area contributed by atoms with Gasteiger partial charge in [0.25, 0.3) is 5.91 Å². The minimum absolute atomic E-state index is 0.184. The molecule has 7 heteroatoms. The molecule has 1 atom stereocenters. The van der Waals surface area contributed by atoms with Crippen LogP contribution in [-0.2, 0) is 16.0 Å². The zero-order valence-corrected chi connectivity index (χ0v) is 14.9. The summed E-state index contributed by atoms with van der Waals surface area (Å²) in [6, 6.07) is 8.40. The second kappa shape index (κ2) is 8.54. The molecule has 0 radical (unpaired) electrons. The summed E-state index contributed by atoms with van der Waals surface area (Å²) in [5.41, 5.74) is 0.726. The van der Waals surface area contributed by atoms with Crippen LogP contribution in [0.1, 0.15) is 43.8 Å². The molecular formula is C17H22N4O2S. The lowest BCUT2D eigenvalue weighted by Crippen LogP contribution is -2.36. The normalized spacial score (nSPS) is 12.0. The molecule has 0 saturated heterocycles. The second-order valence-corrected chi connectivity index (χ2v) is 6.92. The molecule has 2 amide bonds. The summed E-state index contributed by atoms with van der Waals surface area (Å²) in [7, 11) is 0. The monoisotopic (exact) mass is 346 g/mol. The standard InChI is InChI=1S/C17H22N4O2S/c1-4-13(22)18-15(12-8-6-5-7-9-12)16(23)19-17-21-20-14(24-17)10-11(2)3/h5-9,11,15H,4,10H2,1-3H3,(H,18,22)(H,19,21,23)/t15-/m0/s1. The molecule has 1 heterocycles. The predicted molar refractivity (Wildman–Crippen MR) is 94.7 cm³/mol. The third-order valence-corrected chi connectivity index (χ3v) is 4.16.